The Morgan fingerprint density at radius 2 is 1.00 bits per heavy atom. The Morgan fingerprint density at radius 1 is 0.480 bits per heavy atom. The third-order valence-electron chi connectivity index (χ3n) is 9.42. The van der Waals surface area contributed by atoms with Gasteiger partial charge in [0.05, 0.1) is 11.0 Å². The van der Waals surface area contributed by atoms with Crippen molar-refractivity contribution in [3.05, 3.63) is 157 Å². The average Bonchev–Trinajstić information content (AvgIpc) is 3.67. The second kappa shape index (κ2) is 15.3. The van der Waals surface area contributed by atoms with Crippen molar-refractivity contribution in [1.29, 1.82) is 0 Å². The van der Waals surface area contributed by atoms with Gasteiger partial charge in [-0.25, -0.2) is 0 Å². The lowest BCUT2D eigenvalue weighted by molar-refractivity contribution is 0.769. The lowest BCUT2D eigenvalue weighted by Crippen LogP contribution is -1.96. The molecule has 8 aromatic rings. The largest absolute Gasteiger partial charge is 0.345 e. The zero-order chi connectivity index (χ0) is 35.2. The van der Waals surface area contributed by atoms with Crippen molar-refractivity contribution in [2.24, 2.45) is 0 Å². The normalized spacial score (nSPS) is 11.1. The maximum absolute atomic E-state index is 2.44. The lowest BCUT2D eigenvalue weighted by Gasteiger charge is -2.14. The summed E-state index contributed by atoms with van der Waals surface area (Å²) >= 11 is 0. The maximum atomic E-state index is 2.44. The molecule has 0 atom stereocenters. The summed E-state index contributed by atoms with van der Waals surface area (Å²) < 4.78 is 4.85. The highest BCUT2D eigenvalue weighted by molar-refractivity contribution is 6.11. The van der Waals surface area contributed by atoms with Gasteiger partial charge in [-0.2, -0.15) is 0 Å². The van der Waals surface area contributed by atoms with Gasteiger partial charge >= 0.3 is 0 Å². The molecule has 50 heavy (non-hydrogen) atoms. The second-order valence-electron chi connectivity index (χ2n) is 12.1. The molecule has 0 fully saturated rings. The van der Waals surface area contributed by atoms with E-state index in [0.717, 1.165) is 12.2 Å². The van der Waals surface area contributed by atoms with Gasteiger partial charge in [-0.05, 0) is 103 Å². The fourth-order valence-electron chi connectivity index (χ4n) is 7.24. The van der Waals surface area contributed by atoms with E-state index in [2.05, 4.69) is 182 Å². The molecule has 0 aliphatic rings. The number of aromatic nitrogens is 2. The molecule has 250 valence electrons. The van der Waals surface area contributed by atoms with Crippen LogP contribution < -0.4 is 0 Å². The number of para-hydroxylation sites is 1. The van der Waals surface area contributed by atoms with Crippen molar-refractivity contribution in [3.8, 4) is 39.1 Å². The molecule has 0 amide bonds. The third kappa shape index (κ3) is 6.18. The predicted molar refractivity (Wildman–Crippen MR) is 220 cm³/mol. The van der Waals surface area contributed by atoms with Crippen LogP contribution in [0.4, 0.5) is 0 Å². The van der Waals surface area contributed by atoms with E-state index in [9.17, 15) is 0 Å². The molecule has 0 aliphatic carbocycles. The van der Waals surface area contributed by atoms with Crippen molar-refractivity contribution in [1.82, 2.24) is 9.13 Å². The van der Waals surface area contributed by atoms with E-state index in [1.54, 1.807) is 0 Å². The summed E-state index contributed by atoms with van der Waals surface area (Å²) in [6, 6.07) is 51.1. The molecule has 0 radical (unpaired) electrons. The molecule has 2 heteroatoms. The van der Waals surface area contributed by atoms with E-state index in [1.807, 2.05) is 27.7 Å². The molecule has 2 heterocycles. The van der Waals surface area contributed by atoms with Crippen molar-refractivity contribution in [3.63, 3.8) is 0 Å². The summed E-state index contributed by atoms with van der Waals surface area (Å²) in [6.07, 6.45) is 4.39. The summed E-state index contributed by atoms with van der Waals surface area (Å²) in [6.45, 7) is 15.5. The van der Waals surface area contributed by atoms with Crippen molar-refractivity contribution < 1.29 is 0 Å². The van der Waals surface area contributed by atoms with Crippen LogP contribution in [0.1, 0.15) is 52.8 Å². The summed E-state index contributed by atoms with van der Waals surface area (Å²) in [5.41, 5.74) is 14.8. The fraction of sp³-hybridized carbons (Fsp3) is 0.167. The molecular formula is C48H48N2. The van der Waals surface area contributed by atoms with Crippen LogP contribution in [0.2, 0.25) is 0 Å². The van der Waals surface area contributed by atoms with Crippen molar-refractivity contribution in [2.75, 3.05) is 0 Å². The van der Waals surface area contributed by atoms with Gasteiger partial charge in [-0.3, -0.25) is 0 Å². The Balaban J connectivity index is 0.00000104. The van der Waals surface area contributed by atoms with E-state index in [0.29, 0.717) is 0 Å². The number of allylic oxidation sites excluding steroid dienone is 1. The standard InChI is InChI=1S/C44H36N2.2C2H6/c1-4-14-38-30(3)45(5-2)42-23-21-33(28-40(38)42)34-22-24-44-41(29-34)39-19-12-13-20-43(39)46(44)37-26-35(31-15-8-6-9-16-31)25-36(27-37)32-17-10-7-11-18-32;2*1-2/h4,6-29H,5H2,1-3H3;2*1-2H3/b14-4-;;. The number of aryl methyl sites for hydroxylation is 1. The molecule has 0 bridgehead atoms. The summed E-state index contributed by atoms with van der Waals surface area (Å²) in [7, 11) is 0. The molecule has 6 aromatic carbocycles. The smallest absolute Gasteiger partial charge is 0.0541 e. The van der Waals surface area contributed by atoms with Gasteiger partial charge in [0.1, 0.15) is 0 Å². The van der Waals surface area contributed by atoms with Gasteiger partial charge in [0.15, 0.2) is 0 Å². The minimum Gasteiger partial charge on any atom is -0.345 e. The van der Waals surface area contributed by atoms with Gasteiger partial charge in [0.2, 0.25) is 0 Å². The Labute approximate surface area is 298 Å². The highest BCUT2D eigenvalue weighted by Crippen LogP contribution is 2.39. The van der Waals surface area contributed by atoms with Crippen LogP contribution in [0.5, 0.6) is 0 Å². The number of benzene rings is 6. The zero-order valence-electron chi connectivity index (χ0n) is 30.5. The van der Waals surface area contributed by atoms with Crippen LogP contribution in [0.15, 0.2) is 146 Å². The minimum absolute atomic E-state index is 0.960. The van der Waals surface area contributed by atoms with Gasteiger partial charge in [-0.15, -0.1) is 0 Å². The highest BCUT2D eigenvalue weighted by atomic mass is 15.0. The Kier molecular flexibility index (Phi) is 10.5. The number of rotatable bonds is 6. The number of hydrogen-bond acceptors (Lipinski definition) is 0. The predicted octanol–water partition coefficient (Wildman–Crippen LogP) is 14.2. The quantitative estimate of drug-likeness (QED) is 0.169. The Bertz CT molecular complexity index is 2350. The fourth-order valence-corrected chi connectivity index (χ4v) is 7.24. The van der Waals surface area contributed by atoms with Crippen molar-refractivity contribution >= 4 is 38.8 Å². The molecule has 0 unspecified atom stereocenters. The van der Waals surface area contributed by atoms with E-state index >= 15 is 0 Å². The molecule has 0 spiro atoms. The molecule has 0 aliphatic heterocycles. The maximum Gasteiger partial charge on any atom is 0.0541 e. The van der Waals surface area contributed by atoms with Crippen LogP contribution in [0.25, 0.3) is 77.9 Å². The van der Waals surface area contributed by atoms with Crippen LogP contribution >= 0.6 is 0 Å². The topological polar surface area (TPSA) is 9.86 Å². The van der Waals surface area contributed by atoms with E-state index in [-0.39, 0.29) is 0 Å². The monoisotopic (exact) mass is 652 g/mol. The van der Waals surface area contributed by atoms with Gasteiger partial charge in [0, 0.05) is 45.2 Å². The van der Waals surface area contributed by atoms with Gasteiger partial charge in [-0.1, -0.05) is 131 Å². The summed E-state index contributed by atoms with van der Waals surface area (Å²) in [4.78, 5) is 0. The first-order valence-corrected chi connectivity index (χ1v) is 18.2. The lowest BCUT2D eigenvalue weighted by atomic mass is 9.98. The first-order chi connectivity index (χ1) is 24.6. The van der Waals surface area contributed by atoms with Gasteiger partial charge in [0.25, 0.3) is 0 Å². The second-order valence-corrected chi connectivity index (χ2v) is 12.1. The zero-order valence-corrected chi connectivity index (χ0v) is 30.5. The molecular weight excluding hydrogens is 605 g/mol. The number of hydrogen-bond donors (Lipinski definition) is 0. The molecule has 2 nitrogen and oxygen atoms in total. The van der Waals surface area contributed by atoms with Crippen LogP contribution in [-0.4, -0.2) is 9.13 Å². The van der Waals surface area contributed by atoms with Crippen LogP contribution in [-0.2, 0) is 6.54 Å². The van der Waals surface area contributed by atoms with E-state index in [1.165, 1.54) is 77.3 Å². The summed E-state index contributed by atoms with van der Waals surface area (Å²) in [5, 5.41) is 3.83. The summed E-state index contributed by atoms with van der Waals surface area (Å²) in [5.74, 6) is 0. The minimum atomic E-state index is 0.960. The van der Waals surface area contributed by atoms with Gasteiger partial charge < -0.3 is 9.13 Å². The Morgan fingerprint density at radius 3 is 1.58 bits per heavy atom. The average molecular weight is 653 g/mol. The number of fused-ring (bicyclic) bond motifs is 4. The molecule has 0 N–H and O–H groups in total. The first kappa shape index (κ1) is 34.3. The first-order valence-electron chi connectivity index (χ1n) is 18.2. The molecule has 0 saturated carbocycles. The third-order valence-corrected chi connectivity index (χ3v) is 9.42. The van der Waals surface area contributed by atoms with Crippen molar-refractivity contribution in [2.45, 2.75) is 55.0 Å². The number of nitrogens with zero attached hydrogens (tertiary/aromatic N) is 2. The van der Waals surface area contributed by atoms with Crippen LogP contribution in [0, 0.1) is 6.92 Å². The molecule has 2 aromatic heterocycles. The SMILES string of the molecule is C/C=C\c1c(C)n(CC)c2ccc(-c3ccc4c(c3)c3ccccc3n4-c3cc(-c4ccccc4)cc(-c4ccccc4)c3)cc12.CC.CC. The highest BCUT2D eigenvalue weighted by Gasteiger charge is 2.17. The van der Waals surface area contributed by atoms with Crippen LogP contribution in [0.3, 0.4) is 0 Å². The molecule has 8 rings (SSSR count). The Hall–Kier alpha value is -5.60. The van der Waals surface area contributed by atoms with E-state index < -0.39 is 0 Å². The molecule has 0 saturated heterocycles. The van der Waals surface area contributed by atoms with E-state index in [4.69, 9.17) is 0 Å².